The first-order valence-electron chi connectivity index (χ1n) is 11.7. The number of halogens is 4. The van der Waals surface area contributed by atoms with Gasteiger partial charge < -0.3 is 20.1 Å². The van der Waals surface area contributed by atoms with Gasteiger partial charge in [-0.3, -0.25) is 9.36 Å². The Morgan fingerprint density at radius 3 is 2.56 bits per heavy atom. The topological polar surface area (TPSA) is 103 Å². The van der Waals surface area contributed by atoms with Crippen LogP contribution in [0.3, 0.4) is 0 Å². The Morgan fingerprint density at radius 1 is 1.14 bits per heavy atom. The normalized spacial score (nSPS) is 22.1. The van der Waals surface area contributed by atoms with Crippen molar-refractivity contribution in [1.29, 1.82) is 0 Å². The van der Waals surface area contributed by atoms with E-state index >= 15 is 0 Å². The minimum Gasteiger partial charge on any atom is -0.461 e. The Morgan fingerprint density at radius 2 is 1.89 bits per heavy atom. The molecule has 0 spiro atoms. The van der Waals surface area contributed by atoms with Crippen molar-refractivity contribution < 1.29 is 27.4 Å². The Hall–Kier alpha value is -3.12. The second-order valence-corrected chi connectivity index (χ2v) is 9.10. The molecule has 0 bridgehead atoms. The molecule has 0 amide bonds. The molecule has 2 fully saturated rings. The van der Waals surface area contributed by atoms with Crippen LogP contribution in [-0.4, -0.2) is 56.7 Å². The highest BCUT2D eigenvalue weighted by atomic mass is 35.5. The van der Waals surface area contributed by atoms with Crippen molar-refractivity contribution in [3.05, 3.63) is 35.8 Å². The lowest BCUT2D eigenvalue weighted by atomic mass is 9.93. The number of aromatic nitrogens is 4. The Balaban J connectivity index is 1.39. The van der Waals surface area contributed by atoms with Gasteiger partial charge >= 0.3 is 5.97 Å². The largest absolute Gasteiger partial charge is 0.461 e. The maximum absolute atomic E-state index is 14.3. The third-order valence-corrected chi connectivity index (χ3v) is 6.58. The van der Waals surface area contributed by atoms with Gasteiger partial charge in [-0.05, 0) is 32.1 Å². The quantitative estimate of drug-likeness (QED) is 0.345. The first-order chi connectivity index (χ1) is 17.4. The number of anilines is 3. The van der Waals surface area contributed by atoms with Crippen molar-refractivity contribution in [3.63, 3.8) is 0 Å². The van der Waals surface area contributed by atoms with Crippen LogP contribution < -0.4 is 10.6 Å². The zero-order chi connectivity index (χ0) is 25.2. The van der Waals surface area contributed by atoms with Crippen LogP contribution in [0.15, 0.2) is 18.3 Å². The van der Waals surface area contributed by atoms with Gasteiger partial charge in [-0.1, -0.05) is 0 Å². The molecule has 5 rings (SSSR count). The monoisotopic (exact) mass is 524 g/mol. The molecule has 1 saturated heterocycles. The van der Waals surface area contributed by atoms with Crippen LogP contribution in [0.2, 0.25) is 0 Å². The van der Waals surface area contributed by atoms with E-state index < -0.39 is 29.1 Å². The predicted octanol–water partition coefficient (Wildman–Crippen LogP) is 4.45. The van der Waals surface area contributed by atoms with Gasteiger partial charge in [-0.25, -0.2) is 23.1 Å². The predicted molar refractivity (Wildman–Crippen MR) is 126 cm³/mol. The number of carbonyl (C=O) groups excluding carboxylic acids is 1. The molecule has 3 heterocycles. The summed E-state index contributed by atoms with van der Waals surface area (Å²) in [5, 5.41) is 5.99. The first-order valence-corrected chi connectivity index (χ1v) is 12.2. The van der Waals surface area contributed by atoms with Crippen molar-refractivity contribution in [1.82, 2.24) is 19.5 Å². The molecular formula is C23H24ClF3N6O3. The molecule has 1 saturated carbocycles. The molecule has 2 aromatic heterocycles. The molecule has 1 atom stereocenters. The lowest BCUT2D eigenvalue weighted by molar-refractivity contribution is -0.147. The molecule has 9 nitrogen and oxygen atoms in total. The lowest BCUT2D eigenvalue weighted by Gasteiger charge is -2.28. The van der Waals surface area contributed by atoms with Crippen molar-refractivity contribution in [2.45, 2.75) is 50.3 Å². The number of hydrogen-bond donors (Lipinski definition) is 2. The molecule has 13 heteroatoms. The number of ether oxygens (including phenoxy) is 2. The average molecular weight is 525 g/mol. The molecule has 192 valence electrons. The van der Waals surface area contributed by atoms with Crippen LogP contribution in [0.25, 0.3) is 11.2 Å². The smallest absolute Gasteiger partial charge is 0.321 e. The average Bonchev–Trinajstić information content (AvgIpc) is 3.49. The summed E-state index contributed by atoms with van der Waals surface area (Å²) in [7, 11) is 0. The van der Waals surface area contributed by atoms with Gasteiger partial charge in [0.2, 0.25) is 11.9 Å². The molecule has 3 aromatic rings. The van der Waals surface area contributed by atoms with Crippen molar-refractivity contribution >= 4 is 46.3 Å². The van der Waals surface area contributed by atoms with E-state index in [0.29, 0.717) is 61.7 Å². The van der Waals surface area contributed by atoms with Gasteiger partial charge in [0, 0.05) is 24.8 Å². The first kappa shape index (κ1) is 24.6. The highest BCUT2D eigenvalue weighted by Crippen LogP contribution is 2.32. The van der Waals surface area contributed by atoms with Gasteiger partial charge in [0.15, 0.2) is 17.3 Å². The molecule has 36 heavy (non-hydrogen) atoms. The number of alkyl halides is 1. The Kier molecular flexibility index (Phi) is 7.15. The fourth-order valence-corrected chi connectivity index (χ4v) is 4.68. The number of fused-ring (bicyclic) bond motifs is 1. The van der Waals surface area contributed by atoms with Gasteiger partial charge in [0.25, 0.3) is 0 Å². The summed E-state index contributed by atoms with van der Waals surface area (Å²) < 4.78 is 54.6. The van der Waals surface area contributed by atoms with E-state index in [4.69, 9.17) is 21.1 Å². The summed E-state index contributed by atoms with van der Waals surface area (Å²) in [5.74, 6) is -3.21. The van der Waals surface area contributed by atoms with Gasteiger partial charge in [0.05, 0.1) is 18.8 Å². The number of esters is 1. The van der Waals surface area contributed by atoms with E-state index in [-0.39, 0.29) is 30.0 Å². The minimum atomic E-state index is -1.07. The van der Waals surface area contributed by atoms with E-state index in [1.165, 1.54) is 6.20 Å². The Bertz CT molecular complexity index is 1240. The van der Waals surface area contributed by atoms with Gasteiger partial charge in [-0.2, -0.15) is 4.98 Å². The maximum Gasteiger partial charge on any atom is 0.321 e. The molecule has 1 aromatic carbocycles. The zero-order valence-electron chi connectivity index (χ0n) is 19.1. The van der Waals surface area contributed by atoms with E-state index in [2.05, 4.69) is 25.6 Å². The molecule has 1 aliphatic heterocycles. The lowest BCUT2D eigenvalue weighted by Crippen LogP contribution is -2.31. The summed E-state index contributed by atoms with van der Waals surface area (Å²) in [6, 6.07) is 1.12. The SMILES string of the molecule is O=C(CCl)OC1CCC(Nc2ncc3nc(Nc4c(F)cc(F)cc4F)n([C@H]4CCOC4)c3n2)CC1. The molecule has 0 radical (unpaired) electrons. The standard InChI is InChI=1S/C23H24ClF3N6O3/c24-9-19(34)36-15-3-1-13(2-4-15)29-22-28-10-18-21(32-22)33(14-5-6-35-11-14)23(30-18)31-20-16(26)7-12(25)8-17(20)27/h7-8,10,13-15H,1-6,9,11H2,(H,30,31)(H,28,29,32)/t13?,14-,15?/m0/s1. The van der Waals surface area contributed by atoms with E-state index in [0.717, 1.165) is 12.8 Å². The summed E-state index contributed by atoms with van der Waals surface area (Å²) in [4.78, 5) is 24.9. The summed E-state index contributed by atoms with van der Waals surface area (Å²) in [6.07, 6.45) is 4.95. The number of nitrogens with zero attached hydrogens (tertiary/aromatic N) is 4. The molecule has 0 unspecified atom stereocenters. The van der Waals surface area contributed by atoms with Crippen LogP contribution in [0.5, 0.6) is 0 Å². The number of hydrogen-bond acceptors (Lipinski definition) is 8. The number of benzene rings is 1. The summed E-state index contributed by atoms with van der Waals surface area (Å²) >= 11 is 5.51. The summed E-state index contributed by atoms with van der Waals surface area (Å²) in [5.41, 5.74) is 0.387. The molecule has 2 N–H and O–H groups in total. The van der Waals surface area contributed by atoms with Gasteiger partial charge in [0.1, 0.15) is 29.0 Å². The molecule has 1 aliphatic carbocycles. The van der Waals surface area contributed by atoms with Crippen LogP contribution >= 0.6 is 11.6 Å². The third kappa shape index (κ3) is 5.19. The number of nitrogens with one attached hydrogen (secondary N) is 2. The van der Waals surface area contributed by atoms with E-state index in [1.54, 1.807) is 4.57 Å². The summed E-state index contributed by atoms with van der Waals surface area (Å²) in [6.45, 7) is 0.906. The highest BCUT2D eigenvalue weighted by molar-refractivity contribution is 6.26. The van der Waals surface area contributed by atoms with Crippen LogP contribution in [-0.2, 0) is 14.3 Å². The molecular weight excluding hydrogens is 501 g/mol. The number of rotatable bonds is 7. The number of carbonyl (C=O) groups is 1. The van der Waals surface area contributed by atoms with Crippen LogP contribution in [0, 0.1) is 17.5 Å². The van der Waals surface area contributed by atoms with Crippen LogP contribution in [0.1, 0.15) is 38.1 Å². The van der Waals surface area contributed by atoms with Gasteiger partial charge in [-0.15, -0.1) is 11.6 Å². The fraction of sp³-hybridized carbons (Fsp3) is 0.478. The van der Waals surface area contributed by atoms with Crippen LogP contribution in [0.4, 0.5) is 30.8 Å². The highest BCUT2D eigenvalue weighted by Gasteiger charge is 2.27. The second kappa shape index (κ2) is 10.5. The maximum atomic E-state index is 14.3. The molecule has 2 aliphatic rings. The van der Waals surface area contributed by atoms with E-state index in [9.17, 15) is 18.0 Å². The minimum absolute atomic E-state index is 0.0830. The fourth-order valence-electron chi connectivity index (χ4n) is 4.62. The number of imidazole rings is 1. The second-order valence-electron chi connectivity index (χ2n) is 8.84. The Labute approximate surface area is 209 Å². The van der Waals surface area contributed by atoms with Crippen molar-refractivity contribution in [2.75, 3.05) is 29.7 Å². The zero-order valence-corrected chi connectivity index (χ0v) is 19.9. The third-order valence-electron chi connectivity index (χ3n) is 6.36. The van der Waals surface area contributed by atoms with E-state index in [1.807, 2.05) is 0 Å². The van der Waals surface area contributed by atoms with Crippen molar-refractivity contribution in [2.24, 2.45) is 0 Å². The van der Waals surface area contributed by atoms with Crippen molar-refractivity contribution in [3.8, 4) is 0 Å².